The fourth-order valence-electron chi connectivity index (χ4n) is 8.12. The Morgan fingerprint density at radius 3 is 2.14 bits per heavy atom. The number of ether oxygens (including phenoxy) is 3. The van der Waals surface area contributed by atoms with Crippen LogP contribution in [0.15, 0.2) is 41.3 Å². The molecule has 6 rings (SSSR count). The van der Waals surface area contributed by atoms with Crippen LogP contribution in [0.4, 0.5) is 4.79 Å². The average Bonchev–Trinajstić information content (AvgIpc) is 3.53. The molecule has 1 aromatic heterocycles. The molecule has 2 aromatic carbocycles. The number of piperidine rings is 1. The van der Waals surface area contributed by atoms with Gasteiger partial charge in [-0.1, -0.05) is 31.7 Å². The number of urea groups is 1. The lowest BCUT2D eigenvalue weighted by Gasteiger charge is -2.30. The van der Waals surface area contributed by atoms with Crippen molar-refractivity contribution in [3.63, 3.8) is 0 Å². The molecular weight excluding hydrogens is 831 g/mol. The van der Waals surface area contributed by atoms with Crippen molar-refractivity contribution >= 4 is 42.0 Å². The van der Waals surface area contributed by atoms with E-state index in [2.05, 4.69) is 16.0 Å². The summed E-state index contributed by atoms with van der Waals surface area (Å²) in [6.07, 6.45) is 7.76. The Hall–Kier alpha value is -6.76. The van der Waals surface area contributed by atoms with E-state index < -0.39 is 29.7 Å². The molecule has 3 aromatic rings. The van der Waals surface area contributed by atoms with Gasteiger partial charge in [0.25, 0.3) is 29.8 Å². The second-order valence-electron chi connectivity index (χ2n) is 15.9. The van der Waals surface area contributed by atoms with Crippen LogP contribution >= 0.6 is 0 Å². The normalized spacial score (nSPS) is 15.4. The summed E-state index contributed by atoms with van der Waals surface area (Å²) in [6.45, 7) is 1.69. The van der Waals surface area contributed by atoms with Gasteiger partial charge in [-0.2, -0.15) is 0 Å². The predicted molar refractivity (Wildman–Crippen MR) is 233 cm³/mol. The van der Waals surface area contributed by atoms with E-state index in [0.717, 1.165) is 65.7 Å². The van der Waals surface area contributed by atoms with Gasteiger partial charge in [-0.3, -0.25) is 43.8 Å². The molecule has 0 bridgehead atoms. The van der Waals surface area contributed by atoms with Crippen molar-refractivity contribution in [2.75, 3.05) is 54.6 Å². The first kappa shape index (κ1) is 48.3. The maximum atomic E-state index is 13.3. The molecule has 64 heavy (non-hydrogen) atoms. The first-order valence-corrected chi connectivity index (χ1v) is 21.2. The SMILES string of the molecule is COc1cc(-c2cn(C)c(=O)c3c2CCN(C(=O)NCCCCCCCCNC(=O)COc2cccc4c2C(=O)N(C2CCC(=O)NC2=O)C4=O)C3)cc(OC)c1CN(C)C.O=CO. The lowest BCUT2D eigenvalue weighted by atomic mass is 9.91. The van der Waals surface area contributed by atoms with Crippen molar-refractivity contribution in [3.8, 4) is 28.4 Å². The molecule has 7 amide bonds. The van der Waals surface area contributed by atoms with Crippen LogP contribution < -0.4 is 35.7 Å². The number of carboxylic acid groups (broad SMARTS) is 1. The molecular formula is C45H57N7O12. The molecule has 1 fully saturated rings. The summed E-state index contributed by atoms with van der Waals surface area (Å²) in [6, 6.07) is 7.16. The number of aryl methyl sites for hydroxylation is 1. The van der Waals surface area contributed by atoms with Crippen LogP contribution in [0.1, 0.15) is 88.8 Å². The summed E-state index contributed by atoms with van der Waals surface area (Å²) in [5.41, 5.74) is 4.20. The number of rotatable bonds is 18. The zero-order valence-electron chi connectivity index (χ0n) is 37.0. The number of benzene rings is 2. The van der Waals surface area contributed by atoms with Crippen molar-refractivity contribution < 1.29 is 52.9 Å². The lowest BCUT2D eigenvalue weighted by Crippen LogP contribution is -2.54. The van der Waals surface area contributed by atoms with Gasteiger partial charge in [0.05, 0.1) is 37.5 Å². The molecule has 0 aliphatic carbocycles. The Balaban J connectivity index is 0.00000250. The van der Waals surface area contributed by atoms with Gasteiger partial charge in [-0.25, -0.2) is 4.79 Å². The molecule has 1 saturated heterocycles. The van der Waals surface area contributed by atoms with Gasteiger partial charge in [0.2, 0.25) is 11.8 Å². The summed E-state index contributed by atoms with van der Waals surface area (Å²) < 4.78 is 18.7. The van der Waals surface area contributed by atoms with Gasteiger partial charge in [-0.05, 0) is 75.2 Å². The number of carbonyl (C=O) groups is 7. The van der Waals surface area contributed by atoms with E-state index >= 15 is 0 Å². The highest BCUT2D eigenvalue weighted by Gasteiger charge is 2.46. The average molecular weight is 888 g/mol. The van der Waals surface area contributed by atoms with Crippen LogP contribution in [-0.4, -0.2) is 127 Å². The second kappa shape index (κ2) is 22.5. The Kier molecular flexibility index (Phi) is 17.0. The maximum Gasteiger partial charge on any atom is 0.317 e. The number of hydrogen-bond donors (Lipinski definition) is 4. The zero-order chi connectivity index (χ0) is 46.5. The van der Waals surface area contributed by atoms with Crippen molar-refractivity contribution in [1.29, 1.82) is 0 Å². The van der Waals surface area contributed by atoms with Crippen molar-refractivity contribution in [1.82, 2.24) is 35.2 Å². The number of hydrogen-bond acceptors (Lipinski definition) is 12. The molecule has 1 atom stereocenters. The molecule has 1 unspecified atom stereocenters. The zero-order valence-corrected chi connectivity index (χ0v) is 37.0. The van der Waals surface area contributed by atoms with Crippen LogP contribution in [0.5, 0.6) is 17.2 Å². The number of pyridine rings is 1. The van der Waals surface area contributed by atoms with E-state index in [1.165, 1.54) is 18.2 Å². The van der Waals surface area contributed by atoms with Gasteiger partial charge in [0, 0.05) is 57.0 Å². The van der Waals surface area contributed by atoms with E-state index in [-0.39, 0.29) is 66.8 Å². The highest BCUT2D eigenvalue weighted by molar-refractivity contribution is 6.24. The van der Waals surface area contributed by atoms with Crippen LogP contribution in [0.25, 0.3) is 11.1 Å². The summed E-state index contributed by atoms with van der Waals surface area (Å²) in [5.74, 6) is -1.42. The topological polar surface area (TPSA) is 235 Å². The first-order valence-electron chi connectivity index (χ1n) is 21.2. The van der Waals surface area contributed by atoms with E-state index in [1.54, 1.807) is 30.7 Å². The van der Waals surface area contributed by atoms with E-state index in [9.17, 15) is 33.6 Å². The first-order chi connectivity index (χ1) is 30.7. The summed E-state index contributed by atoms with van der Waals surface area (Å²) in [4.78, 5) is 102. The highest BCUT2D eigenvalue weighted by atomic mass is 16.5. The number of aromatic nitrogens is 1. The van der Waals surface area contributed by atoms with E-state index in [0.29, 0.717) is 49.7 Å². The van der Waals surface area contributed by atoms with Gasteiger partial charge in [0.1, 0.15) is 23.3 Å². The fourth-order valence-corrected chi connectivity index (χ4v) is 8.12. The van der Waals surface area contributed by atoms with Crippen LogP contribution in [0, 0.1) is 0 Å². The number of imide groups is 2. The molecule has 0 spiro atoms. The predicted octanol–water partition coefficient (Wildman–Crippen LogP) is 2.84. The number of unbranched alkanes of at least 4 members (excludes halogenated alkanes) is 5. The maximum absolute atomic E-state index is 13.3. The third kappa shape index (κ3) is 11.4. The van der Waals surface area contributed by atoms with E-state index in [4.69, 9.17) is 24.1 Å². The van der Waals surface area contributed by atoms with E-state index in [1.807, 2.05) is 37.3 Å². The van der Waals surface area contributed by atoms with Gasteiger partial charge < -0.3 is 44.3 Å². The number of methoxy groups -OCH3 is 2. The molecule has 344 valence electrons. The largest absolute Gasteiger partial charge is 0.496 e. The Morgan fingerprint density at radius 1 is 0.875 bits per heavy atom. The molecule has 3 aliphatic heterocycles. The smallest absolute Gasteiger partial charge is 0.317 e. The lowest BCUT2D eigenvalue weighted by molar-refractivity contribution is -0.136. The van der Waals surface area contributed by atoms with Crippen molar-refractivity contribution in [2.45, 2.75) is 76.9 Å². The highest BCUT2D eigenvalue weighted by Crippen LogP contribution is 2.38. The quantitative estimate of drug-likeness (QED) is 0.0819. The second-order valence-corrected chi connectivity index (χ2v) is 15.9. The van der Waals surface area contributed by atoms with Crippen LogP contribution in [0.3, 0.4) is 0 Å². The molecule has 0 saturated carbocycles. The van der Waals surface area contributed by atoms with Crippen LogP contribution in [0.2, 0.25) is 0 Å². The molecule has 4 N–H and O–H groups in total. The number of amides is 7. The molecule has 19 nitrogen and oxygen atoms in total. The van der Waals surface area contributed by atoms with Gasteiger partial charge >= 0.3 is 6.03 Å². The minimum Gasteiger partial charge on any atom is -0.496 e. The molecule has 3 aliphatic rings. The van der Waals surface area contributed by atoms with Gasteiger partial charge in [0.15, 0.2) is 6.61 Å². The Bertz CT molecular complexity index is 2280. The number of nitrogens with one attached hydrogen (secondary N) is 3. The Labute approximate surface area is 371 Å². The molecule has 4 heterocycles. The monoisotopic (exact) mass is 887 g/mol. The minimum atomic E-state index is -1.10. The molecule has 0 radical (unpaired) electrons. The van der Waals surface area contributed by atoms with Crippen molar-refractivity contribution in [2.24, 2.45) is 7.05 Å². The number of nitrogens with zero attached hydrogens (tertiary/aromatic N) is 4. The third-order valence-electron chi connectivity index (χ3n) is 11.2. The summed E-state index contributed by atoms with van der Waals surface area (Å²) >= 11 is 0. The minimum absolute atomic E-state index is 0.00941. The molecule has 19 heteroatoms. The standard InChI is InChI=1S/C44H55N7O10.CH2O2/c1-48(2)23-32-35(59-4)21-27(22-36(32)60-5)30-24-49(3)41(55)31-25-50(20-17-28(30)31)44(58)46-19-11-9-7-6-8-10-18-45-38(53)26-61-34-14-12-13-29-39(34)43(57)51(42(29)56)33-15-16-37(52)47-40(33)54;2-1-3/h12-14,21-22,24,33H,6-11,15-20,23,25-26H2,1-5H3,(H,45,53)(H,46,58)(H,47,52,54);1H,(H,2,3). The Morgan fingerprint density at radius 2 is 1.52 bits per heavy atom. The summed E-state index contributed by atoms with van der Waals surface area (Å²) in [7, 11) is 8.96. The third-order valence-corrected chi connectivity index (χ3v) is 11.2. The summed E-state index contributed by atoms with van der Waals surface area (Å²) in [5, 5.41) is 14.9. The number of fused-ring (bicyclic) bond motifs is 2. The number of carbonyl (C=O) groups excluding carboxylic acids is 6. The van der Waals surface area contributed by atoms with Crippen LogP contribution in [-0.2, 0) is 45.7 Å². The fraction of sp³-hybridized carbons (Fsp3) is 0.467. The van der Waals surface area contributed by atoms with Gasteiger partial charge in [-0.15, -0.1) is 0 Å². The van der Waals surface area contributed by atoms with Crippen molar-refractivity contribution in [3.05, 3.63) is 74.7 Å².